The number of hydrogen-bond donors (Lipinski definition) is 1. The van der Waals surface area contributed by atoms with Gasteiger partial charge in [-0.3, -0.25) is 9.59 Å². The first-order valence-electron chi connectivity index (χ1n) is 14.3. The van der Waals surface area contributed by atoms with E-state index >= 15 is 0 Å². The van der Waals surface area contributed by atoms with E-state index in [-0.39, 0.29) is 17.9 Å². The van der Waals surface area contributed by atoms with Gasteiger partial charge in [0.25, 0.3) is 5.91 Å². The number of carbonyl (C=O) groups is 2. The summed E-state index contributed by atoms with van der Waals surface area (Å²) in [4.78, 5) is 32.2. The van der Waals surface area contributed by atoms with E-state index < -0.39 is 5.54 Å². The van der Waals surface area contributed by atoms with Crippen molar-refractivity contribution in [2.75, 3.05) is 20.1 Å². The normalized spacial score (nSPS) is 24.7. The third-order valence-corrected chi connectivity index (χ3v) is 9.04. The highest BCUT2D eigenvalue weighted by atomic mass is 16.3. The summed E-state index contributed by atoms with van der Waals surface area (Å²) in [6.45, 7) is 5.66. The van der Waals surface area contributed by atoms with Gasteiger partial charge in [0.1, 0.15) is 17.0 Å². The van der Waals surface area contributed by atoms with E-state index in [0.717, 1.165) is 49.1 Å². The van der Waals surface area contributed by atoms with Crippen molar-refractivity contribution in [3.05, 3.63) is 23.6 Å². The topological polar surface area (TPSA) is 70.7 Å². The molecule has 0 saturated heterocycles. The van der Waals surface area contributed by atoms with Gasteiger partial charge < -0.3 is 24.1 Å². The smallest absolute Gasteiger partial charge is 0.271 e. The molecule has 36 heavy (non-hydrogen) atoms. The number of furan rings is 1. The first-order chi connectivity index (χ1) is 17.4. The van der Waals surface area contributed by atoms with Crippen LogP contribution in [0.3, 0.4) is 0 Å². The van der Waals surface area contributed by atoms with Gasteiger partial charge >= 0.3 is 0 Å². The van der Waals surface area contributed by atoms with Crippen LogP contribution < -0.4 is 5.32 Å². The molecule has 0 aromatic carbocycles. The fourth-order valence-electron chi connectivity index (χ4n) is 6.71. The molecule has 7 nitrogen and oxygen atoms in total. The number of aryl methyl sites for hydroxylation is 1. The van der Waals surface area contributed by atoms with E-state index in [2.05, 4.69) is 17.3 Å². The van der Waals surface area contributed by atoms with E-state index in [9.17, 15) is 9.59 Å². The van der Waals surface area contributed by atoms with Crippen molar-refractivity contribution in [1.29, 1.82) is 0 Å². The zero-order chi connectivity index (χ0) is 25.3. The minimum absolute atomic E-state index is 0.0190. The lowest BCUT2D eigenvalue weighted by Crippen LogP contribution is -2.65. The molecule has 2 aromatic heterocycles. The summed E-state index contributed by atoms with van der Waals surface area (Å²) in [6, 6.07) is 4.60. The highest BCUT2D eigenvalue weighted by Gasteiger charge is 2.48. The first kappa shape index (κ1) is 25.4. The van der Waals surface area contributed by atoms with Crippen LogP contribution in [0.5, 0.6) is 0 Å². The zero-order valence-corrected chi connectivity index (χ0v) is 22.5. The molecule has 1 N–H and O–H groups in total. The number of hydrogen-bond acceptors (Lipinski definition) is 4. The van der Waals surface area contributed by atoms with Crippen LogP contribution in [0.4, 0.5) is 0 Å². The lowest BCUT2D eigenvalue weighted by molar-refractivity contribution is -0.133. The summed E-state index contributed by atoms with van der Waals surface area (Å²) >= 11 is 0. The van der Waals surface area contributed by atoms with Crippen molar-refractivity contribution in [2.45, 2.75) is 115 Å². The number of amides is 2. The van der Waals surface area contributed by atoms with Crippen LogP contribution in [0.2, 0.25) is 0 Å². The van der Waals surface area contributed by atoms with Gasteiger partial charge in [0.2, 0.25) is 5.91 Å². The predicted octanol–water partition coefficient (Wildman–Crippen LogP) is 5.25. The Morgan fingerprint density at radius 1 is 1.06 bits per heavy atom. The van der Waals surface area contributed by atoms with Crippen molar-refractivity contribution in [1.82, 2.24) is 19.7 Å². The van der Waals surface area contributed by atoms with E-state index in [1.807, 2.05) is 35.4 Å². The Labute approximate surface area is 215 Å². The highest BCUT2D eigenvalue weighted by molar-refractivity contribution is 6.03. The zero-order valence-electron chi connectivity index (χ0n) is 22.5. The van der Waals surface area contributed by atoms with Gasteiger partial charge in [0, 0.05) is 37.3 Å². The largest absolute Gasteiger partial charge is 0.460 e. The Balaban J connectivity index is 1.40. The fraction of sp³-hybridized carbons (Fsp3) is 0.724. The second-order valence-corrected chi connectivity index (χ2v) is 11.7. The molecule has 1 aliphatic heterocycles. The maximum atomic E-state index is 14.0. The van der Waals surface area contributed by atoms with Crippen molar-refractivity contribution in [3.8, 4) is 0 Å². The van der Waals surface area contributed by atoms with Gasteiger partial charge in [-0.15, -0.1) is 0 Å². The van der Waals surface area contributed by atoms with Crippen molar-refractivity contribution in [2.24, 2.45) is 0 Å². The Kier molecular flexibility index (Phi) is 7.47. The molecule has 2 aromatic rings. The highest BCUT2D eigenvalue weighted by Crippen LogP contribution is 2.34. The van der Waals surface area contributed by atoms with E-state index in [4.69, 9.17) is 4.42 Å². The Bertz CT molecular complexity index is 1070. The number of fused-ring (bicyclic) bond motifs is 3. The van der Waals surface area contributed by atoms with Gasteiger partial charge in [-0.05, 0) is 46.6 Å². The number of rotatable bonds is 6. The van der Waals surface area contributed by atoms with Crippen LogP contribution in [-0.4, -0.2) is 63.9 Å². The van der Waals surface area contributed by atoms with Crippen LogP contribution in [0.1, 0.15) is 100 Å². The molecule has 0 spiro atoms. The molecule has 3 aliphatic rings. The van der Waals surface area contributed by atoms with Crippen molar-refractivity contribution in [3.63, 3.8) is 0 Å². The van der Waals surface area contributed by atoms with Crippen LogP contribution in [0, 0.1) is 6.92 Å². The van der Waals surface area contributed by atoms with Gasteiger partial charge in [-0.25, -0.2) is 0 Å². The molecule has 1 atom stereocenters. The quantitative estimate of drug-likeness (QED) is 0.593. The SMILES string of the molecule is Cc1cc2c(cc3n2C[C@@](C)(C(=O)NC2CCCCCCC2)N(CCN(C)C2CCCCC2)C3=O)o1. The fourth-order valence-corrected chi connectivity index (χ4v) is 6.71. The van der Waals surface area contributed by atoms with Crippen LogP contribution in [0.15, 0.2) is 16.5 Å². The number of aromatic nitrogens is 1. The summed E-state index contributed by atoms with van der Waals surface area (Å²) in [6.07, 6.45) is 14.5. The van der Waals surface area contributed by atoms with E-state index in [1.54, 1.807) is 0 Å². The van der Waals surface area contributed by atoms with Gasteiger partial charge in [0.15, 0.2) is 5.58 Å². The molecule has 2 aliphatic carbocycles. The van der Waals surface area contributed by atoms with Crippen LogP contribution >= 0.6 is 0 Å². The van der Waals surface area contributed by atoms with Gasteiger partial charge in [-0.1, -0.05) is 51.4 Å². The third kappa shape index (κ3) is 4.96. The minimum Gasteiger partial charge on any atom is -0.460 e. The molecule has 2 saturated carbocycles. The van der Waals surface area contributed by atoms with Gasteiger partial charge in [0.05, 0.1) is 12.1 Å². The van der Waals surface area contributed by atoms with Crippen LogP contribution in [-0.2, 0) is 11.3 Å². The molecular formula is C29H44N4O3. The summed E-state index contributed by atoms with van der Waals surface area (Å²) in [5.41, 5.74) is 1.30. The van der Waals surface area contributed by atoms with Crippen molar-refractivity contribution < 1.29 is 14.0 Å². The van der Waals surface area contributed by atoms with Crippen molar-refractivity contribution >= 4 is 22.9 Å². The lowest BCUT2D eigenvalue weighted by atomic mass is 9.91. The predicted molar refractivity (Wildman–Crippen MR) is 142 cm³/mol. The van der Waals surface area contributed by atoms with Crippen LogP contribution in [0.25, 0.3) is 11.1 Å². The summed E-state index contributed by atoms with van der Waals surface area (Å²) < 4.78 is 7.86. The number of likely N-dealkylation sites (N-methyl/N-ethyl adjacent to an activating group) is 1. The maximum Gasteiger partial charge on any atom is 0.271 e. The Morgan fingerprint density at radius 2 is 1.69 bits per heavy atom. The number of carbonyl (C=O) groups excluding carboxylic acids is 2. The minimum atomic E-state index is -0.947. The molecule has 0 bridgehead atoms. The molecule has 7 heteroatoms. The lowest BCUT2D eigenvalue weighted by Gasteiger charge is -2.45. The number of nitrogens with zero attached hydrogens (tertiary/aromatic N) is 3. The Morgan fingerprint density at radius 3 is 2.42 bits per heavy atom. The molecule has 0 unspecified atom stereocenters. The summed E-state index contributed by atoms with van der Waals surface area (Å²) in [5.74, 6) is 0.729. The summed E-state index contributed by atoms with van der Waals surface area (Å²) in [7, 11) is 2.18. The Hall–Kier alpha value is -2.28. The number of nitrogens with one attached hydrogen (secondary N) is 1. The molecule has 2 fully saturated rings. The summed E-state index contributed by atoms with van der Waals surface area (Å²) in [5, 5.41) is 3.39. The second-order valence-electron chi connectivity index (χ2n) is 11.7. The molecule has 0 radical (unpaired) electrons. The molecule has 198 valence electrons. The average molecular weight is 497 g/mol. The molecular weight excluding hydrogens is 452 g/mol. The van der Waals surface area contributed by atoms with E-state index in [1.165, 1.54) is 51.4 Å². The standard InChI is InChI=1S/C29H44N4O3/c1-21-18-24-26(36-21)19-25-27(34)33(17-16-31(3)23-14-10-7-11-15-23)29(2,20-32(24)25)28(35)30-22-12-8-5-4-6-9-13-22/h18-19,22-23H,4-17,20H2,1-3H3,(H,30,35)/t29-/m0/s1. The van der Waals surface area contributed by atoms with E-state index in [0.29, 0.717) is 24.8 Å². The first-order valence-corrected chi connectivity index (χ1v) is 14.3. The average Bonchev–Trinajstić information content (AvgIpc) is 3.37. The third-order valence-electron chi connectivity index (χ3n) is 9.04. The maximum absolute atomic E-state index is 14.0. The molecule has 3 heterocycles. The van der Waals surface area contributed by atoms with Gasteiger partial charge in [-0.2, -0.15) is 0 Å². The monoisotopic (exact) mass is 496 g/mol. The molecule has 2 amide bonds. The second kappa shape index (κ2) is 10.6. The molecule has 5 rings (SSSR count).